The Hall–Kier alpha value is -1.54. The summed E-state index contributed by atoms with van der Waals surface area (Å²) in [5.74, 6) is 5.31. The van der Waals surface area contributed by atoms with Crippen molar-refractivity contribution in [2.45, 2.75) is 0 Å². The molecule has 0 fully saturated rings. The Bertz CT molecular complexity index is 463. The van der Waals surface area contributed by atoms with E-state index in [2.05, 4.69) is 17.2 Å². The zero-order valence-corrected chi connectivity index (χ0v) is 10.2. The van der Waals surface area contributed by atoms with Gasteiger partial charge in [-0.2, -0.15) is 0 Å². The normalized spacial score (nSPS) is 9.35. The fourth-order valence-corrected chi connectivity index (χ4v) is 1.34. The van der Waals surface area contributed by atoms with Gasteiger partial charge in [-0.25, -0.2) is 0 Å². The van der Waals surface area contributed by atoms with Crippen LogP contribution in [-0.2, 0) is 9.53 Å². The van der Waals surface area contributed by atoms with Crippen LogP contribution < -0.4 is 11.1 Å². The van der Waals surface area contributed by atoms with E-state index in [1.807, 2.05) is 0 Å². The molecule has 0 aliphatic rings. The quantitative estimate of drug-likeness (QED) is 0.796. The number of nitrogens with one attached hydrogen (secondary N) is 1. The van der Waals surface area contributed by atoms with Gasteiger partial charge in [-0.3, -0.25) is 4.79 Å². The first-order valence-corrected chi connectivity index (χ1v) is 5.32. The smallest absolute Gasteiger partial charge is 0.250 e. The number of hydrogen-bond acceptors (Lipinski definition) is 3. The molecule has 1 amide bonds. The topological polar surface area (TPSA) is 64.3 Å². The van der Waals surface area contributed by atoms with E-state index in [1.54, 1.807) is 18.2 Å². The summed E-state index contributed by atoms with van der Waals surface area (Å²) in [6, 6.07) is 5.06. The lowest BCUT2D eigenvalue weighted by Gasteiger charge is -2.05. The molecule has 0 bridgehead atoms. The zero-order chi connectivity index (χ0) is 12.7. The lowest BCUT2D eigenvalue weighted by Crippen LogP contribution is -2.17. The van der Waals surface area contributed by atoms with Gasteiger partial charge in [0.15, 0.2) is 0 Å². The van der Waals surface area contributed by atoms with E-state index in [0.717, 1.165) is 0 Å². The molecule has 0 saturated heterocycles. The Morgan fingerprint density at radius 2 is 2.35 bits per heavy atom. The molecule has 1 aromatic rings. The minimum absolute atomic E-state index is 0.00639. The summed E-state index contributed by atoms with van der Waals surface area (Å²) in [6.07, 6.45) is 0. The molecule has 0 unspecified atom stereocenters. The van der Waals surface area contributed by atoms with Crippen LogP contribution >= 0.6 is 11.6 Å². The minimum atomic E-state index is -0.229. The van der Waals surface area contributed by atoms with Crippen molar-refractivity contribution >= 4 is 23.2 Å². The van der Waals surface area contributed by atoms with Gasteiger partial charge >= 0.3 is 0 Å². The van der Waals surface area contributed by atoms with Crippen molar-refractivity contribution < 1.29 is 9.53 Å². The Morgan fingerprint density at radius 1 is 1.59 bits per heavy atom. The highest BCUT2D eigenvalue weighted by Gasteiger charge is 2.03. The summed E-state index contributed by atoms with van der Waals surface area (Å²) in [6.45, 7) is 0.267. The van der Waals surface area contributed by atoms with Crippen LogP contribution in [0.2, 0.25) is 5.02 Å². The zero-order valence-electron chi connectivity index (χ0n) is 9.42. The van der Waals surface area contributed by atoms with E-state index >= 15 is 0 Å². The number of nitrogens with two attached hydrogens (primary N) is 1. The van der Waals surface area contributed by atoms with Crippen molar-refractivity contribution in [2.24, 2.45) is 5.73 Å². The number of anilines is 1. The van der Waals surface area contributed by atoms with E-state index in [4.69, 9.17) is 22.1 Å². The van der Waals surface area contributed by atoms with Crippen molar-refractivity contribution in [3.63, 3.8) is 0 Å². The fraction of sp³-hybridized carbons (Fsp3) is 0.250. The average molecular weight is 253 g/mol. The Morgan fingerprint density at radius 3 is 3.00 bits per heavy atom. The highest BCUT2D eigenvalue weighted by Crippen LogP contribution is 2.19. The van der Waals surface area contributed by atoms with Crippen LogP contribution in [0.25, 0.3) is 0 Å². The van der Waals surface area contributed by atoms with Crippen LogP contribution in [0.5, 0.6) is 0 Å². The Labute approximate surface area is 105 Å². The standard InChI is InChI=1S/C12H13ClN2O2/c1-17-8-12(16)15-10-4-5-11(13)9(7-10)3-2-6-14/h4-5,7H,6,8,14H2,1H3,(H,15,16). The summed E-state index contributed by atoms with van der Waals surface area (Å²) in [4.78, 5) is 11.3. The van der Waals surface area contributed by atoms with Gasteiger partial charge in [0.25, 0.3) is 0 Å². The lowest BCUT2D eigenvalue weighted by atomic mass is 10.2. The molecule has 0 aliphatic carbocycles. The third-order valence-corrected chi connectivity index (χ3v) is 2.18. The van der Waals surface area contributed by atoms with E-state index in [-0.39, 0.29) is 19.1 Å². The second-order valence-corrected chi connectivity index (χ2v) is 3.59. The van der Waals surface area contributed by atoms with Crippen molar-refractivity contribution in [3.8, 4) is 11.8 Å². The fourth-order valence-electron chi connectivity index (χ4n) is 1.17. The summed E-state index contributed by atoms with van der Waals surface area (Å²) in [5.41, 5.74) is 6.54. The minimum Gasteiger partial charge on any atom is -0.375 e. The average Bonchev–Trinajstić information content (AvgIpc) is 2.30. The maximum atomic E-state index is 11.3. The van der Waals surface area contributed by atoms with Gasteiger partial charge in [-0.1, -0.05) is 23.4 Å². The van der Waals surface area contributed by atoms with Crippen LogP contribution in [0.15, 0.2) is 18.2 Å². The van der Waals surface area contributed by atoms with Crippen LogP contribution in [-0.4, -0.2) is 26.2 Å². The van der Waals surface area contributed by atoms with Gasteiger partial charge < -0.3 is 15.8 Å². The molecule has 17 heavy (non-hydrogen) atoms. The lowest BCUT2D eigenvalue weighted by molar-refractivity contribution is -0.119. The highest BCUT2D eigenvalue weighted by molar-refractivity contribution is 6.31. The molecule has 1 rings (SSSR count). The highest BCUT2D eigenvalue weighted by atomic mass is 35.5. The van der Waals surface area contributed by atoms with Crippen LogP contribution in [0.1, 0.15) is 5.56 Å². The Balaban J connectivity index is 2.85. The monoisotopic (exact) mass is 252 g/mol. The molecule has 5 heteroatoms. The predicted molar refractivity (Wildman–Crippen MR) is 67.9 cm³/mol. The number of benzene rings is 1. The summed E-state index contributed by atoms with van der Waals surface area (Å²) >= 11 is 5.95. The number of carbonyl (C=O) groups excluding carboxylic acids is 1. The first kappa shape index (κ1) is 13.5. The molecule has 0 radical (unpaired) electrons. The third-order valence-electron chi connectivity index (χ3n) is 1.85. The van der Waals surface area contributed by atoms with Crippen LogP contribution in [0.4, 0.5) is 5.69 Å². The van der Waals surface area contributed by atoms with Gasteiger partial charge in [0.2, 0.25) is 5.91 Å². The van der Waals surface area contributed by atoms with Gasteiger partial charge in [-0.15, -0.1) is 0 Å². The maximum Gasteiger partial charge on any atom is 0.250 e. The maximum absolute atomic E-state index is 11.3. The number of amides is 1. The van der Waals surface area contributed by atoms with E-state index in [1.165, 1.54) is 7.11 Å². The molecule has 0 aliphatic heterocycles. The SMILES string of the molecule is COCC(=O)Nc1ccc(Cl)c(C#CCN)c1. The number of ether oxygens (including phenoxy) is 1. The molecule has 0 atom stereocenters. The van der Waals surface area contributed by atoms with Crippen LogP contribution in [0.3, 0.4) is 0 Å². The van der Waals surface area contributed by atoms with Crippen LogP contribution in [0, 0.1) is 11.8 Å². The van der Waals surface area contributed by atoms with Gasteiger partial charge in [0.05, 0.1) is 11.6 Å². The largest absolute Gasteiger partial charge is 0.375 e. The molecule has 0 heterocycles. The summed E-state index contributed by atoms with van der Waals surface area (Å²) in [7, 11) is 1.46. The van der Waals surface area contributed by atoms with E-state index < -0.39 is 0 Å². The molecule has 3 N–H and O–H groups in total. The molecular formula is C12H13ClN2O2. The van der Waals surface area contributed by atoms with E-state index in [9.17, 15) is 4.79 Å². The number of rotatable bonds is 3. The number of methoxy groups -OCH3 is 1. The number of halogens is 1. The van der Waals surface area contributed by atoms with Gasteiger partial charge in [-0.05, 0) is 18.2 Å². The second-order valence-electron chi connectivity index (χ2n) is 3.18. The number of carbonyl (C=O) groups is 1. The van der Waals surface area contributed by atoms with Crippen molar-refractivity contribution in [1.29, 1.82) is 0 Å². The van der Waals surface area contributed by atoms with Crippen molar-refractivity contribution in [1.82, 2.24) is 0 Å². The summed E-state index contributed by atoms with van der Waals surface area (Å²) < 4.78 is 4.71. The molecule has 0 aromatic heterocycles. The Kier molecular flexibility index (Phi) is 5.50. The molecule has 0 spiro atoms. The van der Waals surface area contributed by atoms with Crippen molar-refractivity contribution in [2.75, 3.05) is 25.6 Å². The first-order chi connectivity index (χ1) is 8.17. The molecule has 4 nitrogen and oxygen atoms in total. The molecule has 1 aromatic carbocycles. The molecular weight excluding hydrogens is 240 g/mol. The molecule has 90 valence electrons. The predicted octanol–water partition coefficient (Wildman–Crippen LogP) is 1.24. The number of hydrogen-bond donors (Lipinski definition) is 2. The van der Waals surface area contributed by atoms with Gasteiger partial charge in [0.1, 0.15) is 6.61 Å². The van der Waals surface area contributed by atoms with E-state index in [0.29, 0.717) is 16.3 Å². The van der Waals surface area contributed by atoms with Gasteiger partial charge in [0, 0.05) is 18.4 Å². The van der Waals surface area contributed by atoms with Crippen molar-refractivity contribution in [3.05, 3.63) is 28.8 Å². The first-order valence-electron chi connectivity index (χ1n) is 4.94. The second kappa shape index (κ2) is 6.92. The molecule has 0 saturated carbocycles. The summed E-state index contributed by atoms with van der Waals surface area (Å²) in [5, 5.41) is 3.19. The third kappa shape index (κ3) is 4.45.